The third-order valence-electron chi connectivity index (χ3n) is 1.97. The third kappa shape index (κ3) is 0.957. The van der Waals surface area contributed by atoms with E-state index in [4.69, 9.17) is 15.7 Å². The molecule has 2 rings (SSSR count). The Hall–Kier alpha value is -1.96. The van der Waals surface area contributed by atoms with Crippen LogP contribution in [0.1, 0.15) is 5.56 Å². The lowest BCUT2D eigenvalue weighted by atomic mass is 10.2. The van der Waals surface area contributed by atoms with Crippen LogP contribution in [-0.4, -0.2) is 11.2 Å². The number of pyridine rings is 1. The SMILES string of the molecule is N#Cc1c(N)cc2n(c1=O)CCO2. The highest BCUT2D eigenvalue weighted by atomic mass is 16.5. The zero-order chi connectivity index (χ0) is 9.42. The summed E-state index contributed by atoms with van der Waals surface area (Å²) in [5.74, 6) is 0.446. The first kappa shape index (κ1) is 7.68. The van der Waals surface area contributed by atoms with Gasteiger partial charge in [0, 0.05) is 6.07 Å². The van der Waals surface area contributed by atoms with Crippen molar-refractivity contribution in [1.82, 2.24) is 4.57 Å². The maximum Gasteiger partial charge on any atom is 0.273 e. The minimum Gasteiger partial charge on any atom is -0.477 e. The van der Waals surface area contributed by atoms with Gasteiger partial charge in [0.1, 0.15) is 18.2 Å². The Labute approximate surface area is 74.0 Å². The molecule has 0 fully saturated rings. The fourth-order valence-electron chi connectivity index (χ4n) is 1.33. The molecule has 0 amide bonds. The molecule has 5 nitrogen and oxygen atoms in total. The smallest absolute Gasteiger partial charge is 0.273 e. The number of nitrogens with two attached hydrogens (primary N) is 1. The lowest BCUT2D eigenvalue weighted by Crippen LogP contribution is -2.21. The molecular weight excluding hydrogens is 170 g/mol. The maximum absolute atomic E-state index is 11.5. The second kappa shape index (κ2) is 2.52. The predicted octanol–water partition coefficient (Wildman–Crippen LogP) is -0.305. The van der Waals surface area contributed by atoms with Gasteiger partial charge < -0.3 is 10.5 Å². The Morgan fingerprint density at radius 1 is 1.69 bits per heavy atom. The number of nitrogen functional groups attached to an aromatic ring is 1. The monoisotopic (exact) mass is 177 g/mol. The number of ether oxygens (including phenoxy) is 1. The van der Waals surface area contributed by atoms with E-state index in [1.165, 1.54) is 10.6 Å². The molecule has 2 heterocycles. The first-order chi connectivity index (χ1) is 6.24. The van der Waals surface area contributed by atoms with E-state index in [-0.39, 0.29) is 16.8 Å². The highest BCUT2D eigenvalue weighted by Crippen LogP contribution is 2.19. The quantitative estimate of drug-likeness (QED) is 0.589. The molecule has 0 atom stereocenters. The molecule has 0 saturated carbocycles. The molecule has 0 saturated heterocycles. The van der Waals surface area contributed by atoms with Gasteiger partial charge in [-0.15, -0.1) is 0 Å². The van der Waals surface area contributed by atoms with Gasteiger partial charge in [-0.05, 0) is 0 Å². The minimum atomic E-state index is -0.366. The molecule has 0 radical (unpaired) electrons. The zero-order valence-corrected chi connectivity index (χ0v) is 6.78. The molecule has 0 spiro atoms. The Morgan fingerprint density at radius 3 is 3.15 bits per heavy atom. The average Bonchev–Trinajstić information content (AvgIpc) is 2.53. The summed E-state index contributed by atoms with van der Waals surface area (Å²) in [4.78, 5) is 11.5. The van der Waals surface area contributed by atoms with E-state index in [2.05, 4.69) is 0 Å². The Bertz CT molecular complexity index is 455. The van der Waals surface area contributed by atoms with E-state index >= 15 is 0 Å². The standard InChI is InChI=1S/C8H7N3O2/c9-4-5-6(10)3-7-11(8(5)12)1-2-13-7/h3H,1-2,10H2. The van der Waals surface area contributed by atoms with Crippen LogP contribution in [0.2, 0.25) is 0 Å². The molecule has 0 aromatic carbocycles. The summed E-state index contributed by atoms with van der Waals surface area (Å²) in [5, 5.41) is 8.65. The fourth-order valence-corrected chi connectivity index (χ4v) is 1.33. The minimum absolute atomic E-state index is 0.00532. The summed E-state index contributed by atoms with van der Waals surface area (Å²) in [7, 11) is 0. The van der Waals surface area contributed by atoms with Gasteiger partial charge in [-0.25, -0.2) is 0 Å². The Balaban J connectivity index is 2.79. The van der Waals surface area contributed by atoms with Crippen LogP contribution in [0.3, 0.4) is 0 Å². The maximum atomic E-state index is 11.5. The predicted molar refractivity (Wildman–Crippen MR) is 45.3 cm³/mol. The lowest BCUT2D eigenvalue weighted by Gasteiger charge is -2.02. The second-order valence-corrected chi connectivity index (χ2v) is 2.73. The summed E-state index contributed by atoms with van der Waals surface area (Å²) in [6.07, 6.45) is 0. The van der Waals surface area contributed by atoms with E-state index in [0.29, 0.717) is 19.0 Å². The van der Waals surface area contributed by atoms with Gasteiger partial charge in [0.15, 0.2) is 5.88 Å². The summed E-state index contributed by atoms with van der Waals surface area (Å²) < 4.78 is 6.54. The third-order valence-corrected chi connectivity index (χ3v) is 1.97. The largest absolute Gasteiger partial charge is 0.477 e. The van der Waals surface area contributed by atoms with E-state index < -0.39 is 0 Å². The summed E-state index contributed by atoms with van der Waals surface area (Å²) in [6, 6.07) is 3.29. The average molecular weight is 177 g/mol. The van der Waals surface area contributed by atoms with Crippen molar-refractivity contribution in [1.29, 1.82) is 5.26 Å². The zero-order valence-electron chi connectivity index (χ0n) is 6.78. The highest BCUT2D eigenvalue weighted by Gasteiger charge is 2.17. The molecule has 5 heteroatoms. The van der Waals surface area contributed by atoms with Crippen molar-refractivity contribution in [3.63, 3.8) is 0 Å². The van der Waals surface area contributed by atoms with Crippen molar-refractivity contribution in [2.75, 3.05) is 12.3 Å². The molecule has 1 aromatic rings. The van der Waals surface area contributed by atoms with Crippen molar-refractivity contribution in [2.45, 2.75) is 6.54 Å². The van der Waals surface area contributed by atoms with Crippen molar-refractivity contribution < 1.29 is 4.74 Å². The first-order valence-corrected chi connectivity index (χ1v) is 3.80. The number of hydrogen-bond acceptors (Lipinski definition) is 4. The Kier molecular flexibility index (Phi) is 1.49. The number of anilines is 1. The van der Waals surface area contributed by atoms with Crippen LogP contribution < -0.4 is 16.0 Å². The topological polar surface area (TPSA) is 81.0 Å². The van der Waals surface area contributed by atoms with Crippen LogP contribution in [0.5, 0.6) is 5.88 Å². The molecule has 0 aliphatic carbocycles. The molecule has 13 heavy (non-hydrogen) atoms. The van der Waals surface area contributed by atoms with Crippen LogP contribution >= 0.6 is 0 Å². The van der Waals surface area contributed by atoms with E-state index in [1.807, 2.05) is 0 Å². The number of rotatable bonds is 0. The van der Waals surface area contributed by atoms with Crippen molar-refractivity contribution in [3.05, 3.63) is 22.0 Å². The van der Waals surface area contributed by atoms with Gasteiger partial charge in [0.05, 0.1) is 12.2 Å². The summed E-state index contributed by atoms with van der Waals surface area (Å²) >= 11 is 0. The Morgan fingerprint density at radius 2 is 2.46 bits per heavy atom. The summed E-state index contributed by atoms with van der Waals surface area (Å²) in [6.45, 7) is 0.951. The lowest BCUT2D eigenvalue weighted by molar-refractivity contribution is 0.357. The molecule has 66 valence electrons. The van der Waals surface area contributed by atoms with Gasteiger partial charge >= 0.3 is 0 Å². The van der Waals surface area contributed by atoms with Crippen LogP contribution in [0.15, 0.2) is 10.9 Å². The number of fused-ring (bicyclic) bond motifs is 1. The van der Waals surface area contributed by atoms with E-state index in [0.717, 1.165) is 0 Å². The van der Waals surface area contributed by atoms with Crippen molar-refractivity contribution >= 4 is 5.69 Å². The van der Waals surface area contributed by atoms with Gasteiger partial charge in [0.2, 0.25) is 0 Å². The van der Waals surface area contributed by atoms with E-state index in [1.54, 1.807) is 6.07 Å². The molecule has 2 N–H and O–H groups in total. The van der Waals surface area contributed by atoms with Gasteiger partial charge in [-0.3, -0.25) is 9.36 Å². The van der Waals surface area contributed by atoms with Crippen LogP contribution in [0.25, 0.3) is 0 Å². The molecule has 1 aromatic heterocycles. The number of hydrogen-bond donors (Lipinski definition) is 1. The first-order valence-electron chi connectivity index (χ1n) is 3.80. The van der Waals surface area contributed by atoms with Gasteiger partial charge in [-0.2, -0.15) is 5.26 Å². The number of nitriles is 1. The highest BCUT2D eigenvalue weighted by molar-refractivity contribution is 5.55. The van der Waals surface area contributed by atoms with Crippen LogP contribution in [0.4, 0.5) is 5.69 Å². The van der Waals surface area contributed by atoms with Crippen LogP contribution in [0, 0.1) is 11.3 Å². The van der Waals surface area contributed by atoms with Gasteiger partial charge in [0.25, 0.3) is 5.56 Å². The molecule has 1 aliphatic rings. The van der Waals surface area contributed by atoms with Crippen LogP contribution in [-0.2, 0) is 6.54 Å². The second-order valence-electron chi connectivity index (χ2n) is 2.73. The fraction of sp³-hybridized carbons (Fsp3) is 0.250. The van der Waals surface area contributed by atoms with Gasteiger partial charge in [-0.1, -0.05) is 0 Å². The summed E-state index contributed by atoms with van der Waals surface area (Å²) in [5.41, 5.74) is 5.30. The molecule has 0 unspecified atom stereocenters. The molecular formula is C8H7N3O2. The van der Waals surface area contributed by atoms with Crippen molar-refractivity contribution in [2.24, 2.45) is 0 Å². The number of aromatic nitrogens is 1. The normalized spacial score (nSPS) is 13.2. The van der Waals surface area contributed by atoms with Crippen molar-refractivity contribution in [3.8, 4) is 11.9 Å². The number of nitrogens with zero attached hydrogens (tertiary/aromatic N) is 2. The van der Waals surface area contributed by atoms with E-state index in [9.17, 15) is 4.79 Å². The molecule has 0 bridgehead atoms. The molecule has 1 aliphatic heterocycles.